The minimum Gasteiger partial charge on any atom is -0.427 e. The second-order valence-corrected chi connectivity index (χ2v) is 7.60. The van der Waals surface area contributed by atoms with Crippen LogP contribution in [0.5, 0.6) is 0 Å². The van der Waals surface area contributed by atoms with Crippen LogP contribution in [0.25, 0.3) is 0 Å². The predicted molar refractivity (Wildman–Crippen MR) is 81.5 cm³/mol. The van der Waals surface area contributed by atoms with E-state index in [0.717, 1.165) is 17.6 Å². The molecule has 1 aromatic heterocycles. The molecule has 0 aliphatic carbocycles. The minimum atomic E-state index is -0.00486. The molecule has 1 fully saturated rings. The van der Waals surface area contributed by atoms with Gasteiger partial charge in [0, 0.05) is 11.1 Å². The fourth-order valence-electron chi connectivity index (χ4n) is 3.16. The summed E-state index contributed by atoms with van der Waals surface area (Å²) in [5.41, 5.74) is 0.346. The third-order valence-electron chi connectivity index (χ3n) is 3.41. The highest BCUT2D eigenvalue weighted by molar-refractivity contribution is 6.34. The SMILES string of the molecule is CC1(C)CC(N=c2c(Cl)cc(Cl)cn2O)CC(C)(C)N1. The number of pyridine rings is 1. The van der Waals surface area contributed by atoms with E-state index in [2.05, 4.69) is 38.0 Å². The fourth-order valence-corrected chi connectivity index (χ4v) is 3.67. The number of aromatic nitrogens is 1. The molecular formula is C14H21Cl2N3O. The molecule has 112 valence electrons. The molecule has 1 aromatic rings. The largest absolute Gasteiger partial charge is 0.427 e. The summed E-state index contributed by atoms with van der Waals surface area (Å²) in [5, 5.41) is 14.2. The summed E-state index contributed by atoms with van der Waals surface area (Å²) in [7, 11) is 0. The fraction of sp³-hybridized carbons (Fsp3) is 0.643. The Bertz CT molecular complexity index is 536. The first-order valence-electron chi connectivity index (χ1n) is 6.68. The summed E-state index contributed by atoms with van der Waals surface area (Å²) in [4.78, 5) is 4.63. The molecule has 2 N–H and O–H groups in total. The Kier molecular flexibility index (Phi) is 4.11. The van der Waals surface area contributed by atoms with Gasteiger partial charge in [-0.25, -0.2) is 0 Å². The summed E-state index contributed by atoms with van der Waals surface area (Å²) in [5.74, 6) is 0. The Labute approximate surface area is 129 Å². The first-order chi connectivity index (χ1) is 9.08. The van der Waals surface area contributed by atoms with E-state index < -0.39 is 0 Å². The Morgan fingerprint density at radius 2 is 1.80 bits per heavy atom. The van der Waals surface area contributed by atoms with Crippen LogP contribution in [-0.2, 0) is 0 Å². The van der Waals surface area contributed by atoms with Gasteiger partial charge in [-0.05, 0) is 46.6 Å². The zero-order valence-electron chi connectivity index (χ0n) is 12.2. The zero-order chi connectivity index (χ0) is 15.1. The molecule has 1 aliphatic rings. The highest BCUT2D eigenvalue weighted by Crippen LogP contribution is 2.30. The van der Waals surface area contributed by atoms with Gasteiger partial charge in [-0.15, -0.1) is 0 Å². The molecule has 0 unspecified atom stereocenters. The van der Waals surface area contributed by atoms with Gasteiger partial charge in [-0.2, -0.15) is 4.73 Å². The van der Waals surface area contributed by atoms with E-state index in [1.54, 1.807) is 6.07 Å². The van der Waals surface area contributed by atoms with Crippen molar-refractivity contribution in [1.82, 2.24) is 10.0 Å². The van der Waals surface area contributed by atoms with Gasteiger partial charge >= 0.3 is 0 Å². The van der Waals surface area contributed by atoms with Crippen molar-refractivity contribution in [2.75, 3.05) is 0 Å². The standard InChI is InChI=1S/C14H21Cl2N3O/c1-13(2)6-10(7-14(3,4)18-13)17-12-11(16)5-9(15)8-19(12)20/h5,8,10,18,20H,6-7H2,1-4H3. The zero-order valence-corrected chi connectivity index (χ0v) is 13.8. The van der Waals surface area contributed by atoms with Gasteiger partial charge in [0.15, 0.2) is 5.49 Å². The summed E-state index contributed by atoms with van der Waals surface area (Å²) in [6.45, 7) is 8.64. The van der Waals surface area contributed by atoms with E-state index >= 15 is 0 Å². The van der Waals surface area contributed by atoms with E-state index in [1.807, 2.05) is 0 Å². The van der Waals surface area contributed by atoms with Crippen LogP contribution < -0.4 is 10.8 Å². The van der Waals surface area contributed by atoms with Crippen LogP contribution >= 0.6 is 23.2 Å². The highest BCUT2D eigenvalue weighted by atomic mass is 35.5. The van der Waals surface area contributed by atoms with E-state index in [9.17, 15) is 5.21 Å². The quantitative estimate of drug-likeness (QED) is 0.781. The van der Waals surface area contributed by atoms with E-state index in [1.165, 1.54) is 6.20 Å². The Hall–Kier alpha value is -0.710. The van der Waals surface area contributed by atoms with Gasteiger partial charge in [0.2, 0.25) is 0 Å². The molecule has 0 bridgehead atoms. The summed E-state index contributed by atoms with van der Waals surface area (Å²) in [6, 6.07) is 1.68. The van der Waals surface area contributed by atoms with Crippen LogP contribution in [0.1, 0.15) is 40.5 Å². The number of halogens is 2. The molecule has 0 saturated carbocycles. The maximum atomic E-state index is 9.90. The number of nitrogens with one attached hydrogen (secondary N) is 1. The first kappa shape index (κ1) is 15.7. The van der Waals surface area contributed by atoms with Crippen LogP contribution in [0.2, 0.25) is 10.0 Å². The van der Waals surface area contributed by atoms with E-state index in [4.69, 9.17) is 23.2 Å². The molecule has 0 amide bonds. The normalized spacial score (nSPS) is 23.0. The third kappa shape index (κ3) is 3.68. The van der Waals surface area contributed by atoms with E-state index in [-0.39, 0.29) is 17.1 Å². The van der Waals surface area contributed by atoms with Gasteiger partial charge in [0.25, 0.3) is 0 Å². The van der Waals surface area contributed by atoms with Crippen molar-refractivity contribution in [3.8, 4) is 0 Å². The van der Waals surface area contributed by atoms with Gasteiger partial charge in [0.05, 0.1) is 22.3 Å². The molecule has 0 spiro atoms. The monoisotopic (exact) mass is 317 g/mol. The summed E-state index contributed by atoms with van der Waals surface area (Å²) < 4.78 is 0.896. The molecule has 20 heavy (non-hydrogen) atoms. The molecule has 2 rings (SSSR count). The number of nitrogens with zero attached hydrogens (tertiary/aromatic N) is 2. The second kappa shape index (κ2) is 5.24. The lowest BCUT2D eigenvalue weighted by molar-refractivity contribution is 0.150. The molecule has 2 heterocycles. The van der Waals surface area contributed by atoms with Crippen molar-refractivity contribution >= 4 is 23.2 Å². The molecule has 0 radical (unpaired) electrons. The minimum absolute atomic E-state index is 0.00486. The second-order valence-electron chi connectivity index (χ2n) is 6.76. The number of piperidine rings is 1. The van der Waals surface area contributed by atoms with Crippen molar-refractivity contribution in [3.05, 3.63) is 27.8 Å². The molecule has 0 aromatic carbocycles. The van der Waals surface area contributed by atoms with Crippen molar-refractivity contribution in [2.45, 2.75) is 57.7 Å². The lowest BCUT2D eigenvalue weighted by Gasteiger charge is -2.45. The lowest BCUT2D eigenvalue weighted by atomic mass is 9.80. The Morgan fingerprint density at radius 1 is 1.25 bits per heavy atom. The van der Waals surface area contributed by atoms with Gasteiger partial charge in [0.1, 0.15) is 0 Å². The molecule has 6 heteroatoms. The highest BCUT2D eigenvalue weighted by Gasteiger charge is 2.37. The first-order valence-corrected chi connectivity index (χ1v) is 7.44. The van der Waals surface area contributed by atoms with Gasteiger partial charge < -0.3 is 10.5 Å². The van der Waals surface area contributed by atoms with Gasteiger partial charge in [-0.1, -0.05) is 23.2 Å². The maximum Gasteiger partial charge on any atom is 0.182 e. The smallest absolute Gasteiger partial charge is 0.182 e. The maximum absolute atomic E-state index is 9.90. The molecule has 1 saturated heterocycles. The van der Waals surface area contributed by atoms with Gasteiger partial charge in [-0.3, -0.25) is 4.99 Å². The molecule has 0 atom stereocenters. The summed E-state index contributed by atoms with van der Waals surface area (Å²) in [6.07, 6.45) is 3.16. The number of hydrogen-bond acceptors (Lipinski definition) is 3. The van der Waals surface area contributed by atoms with Crippen LogP contribution in [-0.4, -0.2) is 27.1 Å². The van der Waals surface area contributed by atoms with Crippen LogP contribution in [0.4, 0.5) is 0 Å². The summed E-state index contributed by atoms with van der Waals surface area (Å²) >= 11 is 12.0. The molecular weight excluding hydrogens is 297 g/mol. The van der Waals surface area contributed by atoms with Crippen LogP contribution in [0.15, 0.2) is 17.3 Å². The number of hydrogen-bond donors (Lipinski definition) is 2. The average molecular weight is 318 g/mol. The van der Waals surface area contributed by atoms with Crippen LogP contribution in [0.3, 0.4) is 0 Å². The van der Waals surface area contributed by atoms with Crippen LogP contribution in [0, 0.1) is 0 Å². The average Bonchev–Trinajstić information content (AvgIpc) is 2.18. The van der Waals surface area contributed by atoms with Crippen molar-refractivity contribution in [3.63, 3.8) is 0 Å². The number of rotatable bonds is 1. The van der Waals surface area contributed by atoms with E-state index in [0.29, 0.717) is 15.5 Å². The Morgan fingerprint density at radius 3 is 2.30 bits per heavy atom. The molecule has 4 nitrogen and oxygen atoms in total. The molecule has 1 aliphatic heterocycles. The topological polar surface area (TPSA) is 49.5 Å². The third-order valence-corrected chi connectivity index (χ3v) is 3.90. The lowest BCUT2D eigenvalue weighted by Crippen LogP contribution is -2.59. The Balaban J connectivity index is 2.40. The van der Waals surface area contributed by atoms with Crippen molar-refractivity contribution < 1.29 is 5.21 Å². The van der Waals surface area contributed by atoms with Crippen molar-refractivity contribution in [1.29, 1.82) is 0 Å². The predicted octanol–water partition coefficient (Wildman–Crippen LogP) is 3.24. The van der Waals surface area contributed by atoms with Crippen molar-refractivity contribution in [2.24, 2.45) is 4.99 Å².